The van der Waals surface area contributed by atoms with Crippen molar-refractivity contribution in [1.82, 2.24) is 10.3 Å². The Hall–Kier alpha value is -1.10. The van der Waals surface area contributed by atoms with Crippen LogP contribution in [0.25, 0.3) is 0 Å². The third kappa shape index (κ3) is 2.70. The number of rotatable bonds is 2. The van der Waals surface area contributed by atoms with E-state index < -0.39 is 6.09 Å². The van der Waals surface area contributed by atoms with Gasteiger partial charge in [-0.25, -0.2) is 4.79 Å². The largest absolute Gasteiger partial charge is 0.465 e. The number of hydrogen-bond donors (Lipinski definition) is 2. The van der Waals surface area contributed by atoms with Crippen molar-refractivity contribution in [3.63, 3.8) is 0 Å². The van der Waals surface area contributed by atoms with Crippen LogP contribution >= 0.6 is 15.9 Å². The molecule has 0 aliphatic carbocycles. The molecule has 0 aliphatic rings. The first-order valence-corrected chi connectivity index (χ1v) is 4.91. The number of pyridine rings is 1. The first kappa shape index (κ1) is 11.0. The fraction of sp³-hybridized carbons (Fsp3) is 0.333. The summed E-state index contributed by atoms with van der Waals surface area (Å²) in [7, 11) is 0. The fourth-order valence-corrected chi connectivity index (χ4v) is 1.27. The van der Waals surface area contributed by atoms with Crippen LogP contribution in [0.1, 0.15) is 24.2 Å². The van der Waals surface area contributed by atoms with Crippen molar-refractivity contribution in [3.8, 4) is 0 Å². The molecule has 1 aromatic heterocycles. The Labute approximate surface area is 90.5 Å². The minimum atomic E-state index is -1.04. The van der Waals surface area contributed by atoms with E-state index in [2.05, 4.69) is 26.2 Å². The lowest BCUT2D eigenvalue weighted by molar-refractivity contribution is 0.190. The fourth-order valence-electron chi connectivity index (χ4n) is 1.06. The van der Waals surface area contributed by atoms with Crippen LogP contribution in [0.15, 0.2) is 16.7 Å². The molecule has 1 atom stereocenters. The van der Waals surface area contributed by atoms with Crippen molar-refractivity contribution in [2.75, 3.05) is 0 Å². The van der Waals surface area contributed by atoms with E-state index in [1.54, 1.807) is 13.1 Å². The molecule has 0 bridgehead atoms. The molecule has 0 aliphatic heterocycles. The molecule has 1 heterocycles. The molecule has 5 heteroatoms. The van der Waals surface area contributed by atoms with E-state index >= 15 is 0 Å². The first-order chi connectivity index (χ1) is 6.50. The number of halogens is 1. The number of nitrogens with zero attached hydrogens (tertiary/aromatic N) is 1. The molecule has 1 aromatic rings. The summed E-state index contributed by atoms with van der Waals surface area (Å²) in [5.74, 6) is 0. The topological polar surface area (TPSA) is 62.2 Å². The van der Waals surface area contributed by atoms with Gasteiger partial charge in [-0.15, -0.1) is 0 Å². The van der Waals surface area contributed by atoms with Gasteiger partial charge >= 0.3 is 6.09 Å². The molecule has 4 nitrogen and oxygen atoms in total. The minimum Gasteiger partial charge on any atom is -0.465 e. The molecule has 0 saturated heterocycles. The highest BCUT2D eigenvalue weighted by molar-refractivity contribution is 9.10. The van der Waals surface area contributed by atoms with Crippen LogP contribution in [-0.2, 0) is 0 Å². The van der Waals surface area contributed by atoms with Gasteiger partial charge in [0.15, 0.2) is 0 Å². The van der Waals surface area contributed by atoms with E-state index in [9.17, 15) is 4.79 Å². The molecular formula is C9H11BrN2O2. The van der Waals surface area contributed by atoms with Crippen molar-refractivity contribution >= 4 is 22.0 Å². The van der Waals surface area contributed by atoms with Crippen LogP contribution in [0, 0.1) is 6.92 Å². The highest BCUT2D eigenvalue weighted by atomic mass is 79.9. The van der Waals surface area contributed by atoms with Gasteiger partial charge in [0, 0.05) is 10.7 Å². The van der Waals surface area contributed by atoms with Crippen molar-refractivity contribution < 1.29 is 9.90 Å². The predicted octanol–water partition coefficient (Wildman–Crippen LogP) is 2.48. The molecule has 76 valence electrons. The smallest absolute Gasteiger partial charge is 0.405 e. The van der Waals surface area contributed by atoms with E-state index in [0.29, 0.717) is 5.69 Å². The Kier molecular flexibility index (Phi) is 3.46. The number of nitrogens with one attached hydrogen (secondary N) is 1. The van der Waals surface area contributed by atoms with Crippen LogP contribution in [0.5, 0.6) is 0 Å². The van der Waals surface area contributed by atoms with Crippen molar-refractivity contribution in [2.24, 2.45) is 0 Å². The number of hydrogen-bond acceptors (Lipinski definition) is 2. The normalized spacial score (nSPS) is 12.2. The predicted molar refractivity (Wildman–Crippen MR) is 56.2 cm³/mol. The first-order valence-electron chi connectivity index (χ1n) is 4.12. The van der Waals surface area contributed by atoms with E-state index in [0.717, 1.165) is 10.0 Å². The zero-order valence-electron chi connectivity index (χ0n) is 7.91. The van der Waals surface area contributed by atoms with Crippen LogP contribution in [0.2, 0.25) is 0 Å². The van der Waals surface area contributed by atoms with Gasteiger partial charge in [-0.05, 0) is 41.4 Å². The summed E-state index contributed by atoms with van der Waals surface area (Å²) in [6, 6.07) is 1.56. The number of amides is 1. The molecule has 0 fully saturated rings. The summed E-state index contributed by atoms with van der Waals surface area (Å²) in [4.78, 5) is 14.5. The summed E-state index contributed by atoms with van der Waals surface area (Å²) < 4.78 is 0.920. The summed E-state index contributed by atoms with van der Waals surface area (Å²) in [5, 5.41) is 10.9. The zero-order valence-corrected chi connectivity index (χ0v) is 9.50. The molecule has 14 heavy (non-hydrogen) atoms. The molecule has 0 saturated carbocycles. The molecule has 0 unspecified atom stereocenters. The van der Waals surface area contributed by atoms with E-state index in [1.165, 1.54) is 0 Å². The Morgan fingerprint density at radius 2 is 2.36 bits per heavy atom. The van der Waals surface area contributed by atoms with Gasteiger partial charge < -0.3 is 10.4 Å². The third-order valence-electron chi connectivity index (χ3n) is 1.85. The van der Waals surface area contributed by atoms with Gasteiger partial charge in [-0.3, -0.25) is 4.98 Å². The quantitative estimate of drug-likeness (QED) is 0.857. The van der Waals surface area contributed by atoms with Crippen molar-refractivity contribution in [2.45, 2.75) is 19.9 Å². The molecule has 2 N–H and O–H groups in total. The average molecular weight is 259 g/mol. The maximum Gasteiger partial charge on any atom is 0.405 e. The van der Waals surface area contributed by atoms with Gasteiger partial charge in [0.2, 0.25) is 0 Å². The Morgan fingerprint density at radius 1 is 1.71 bits per heavy atom. The second kappa shape index (κ2) is 4.41. The number of aryl methyl sites for hydroxylation is 1. The lowest BCUT2D eigenvalue weighted by atomic mass is 10.2. The van der Waals surface area contributed by atoms with E-state index in [4.69, 9.17) is 5.11 Å². The van der Waals surface area contributed by atoms with Crippen molar-refractivity contribution in [1.29, 1.82) is 0 Å². The summed E-state index contributed by atoms with van der Waals surface area (Å²) in [6.45, 7) is 3.69. The van der Waals surface area contributed by atoms with Crippen LogP contribution < -0.4 is 5.32 Å². The monoisotopic (exact) mass is 258 g/mol. The lowest BCUT2D eigenvalue weighted by Gasteiger charge is -2.11. The van der Waals surface area contributed by atoms with Crippen LogP contribution in [0.3, 0.4) is 0 Å². The maximum atomic E-state index is 10.4. The summed E-state index contributed by atoms with van der Waals surface area (Å²) >= 11 is 3.33. The van der Waals surface area contributed by atoms with Gasteiger partial charge in [0.05, 0.1) is 11.7 Å². The Bertz CT molecular complexity index is 355. The standard InChI is InChI=1S/C9H11BrN2O2/c1-5-3-8(11-4-7(5)10)6(2)12-9(13)14/h3-4,6,12H,1-2H3,(H,13,14)/t6-/m0/s1. The Balaban J connectivity index is 2.85. The molecule has 0 radical (unpaired) electrons. The summed E-state index contributed by atoms with van der Waals surface area (Å²) in [6.07, 6.45) is 0.630. The highest BCUT2D eigenvalue weighted by Gasteiger charge is 2.09. The van der Waals surface area contributed by atoms with Crippen molar-refractivity contribution in [3.05, 3.63) is 28.0 Å². The minimum absolute atomic E-state index is 0.292. The molecule has 0 aromatic carbocycles. The van der Waals surface area contributed by atoms with Gasteiger partial charge in [0.1, 0.15) is 0 Å². The second-order valence-corrected chi connectivity index (χ2v) is 3.88. The number of carbonyl (C=O) groups is 1. The lowest BCUT2D eigenvalue weighted by Crippen LogP contribution is -2.25. The van der Waals surface area contributed by atoms with E-state index in [1.807, 2.05) is 13.0 Å². The van der Waals surface area contributed by atoms with Gasteiger partial charge in [-0.1, -0.05) is 0 Å². The summed E-state index contributed by atoms with van der Waals surface area (Å²) in [5.41, 5.74) is 1.75. The Morgan fingerprint density at radius 3 is 2.86 bits per heavy atom. The molecule has 1 rings (SSSR count). The van der Waals surface area contributed by atoms with Gasteiger partial charge in [0.25, 0.3) is 0 Å². The zero-order chi connectivity index (χ0) is 10.7. The SMILES string of the molecule is Cc1cc([C@H](C)NC(=O)O)ncc1Br. The van der Waals surface area contributed by atoms with Crippen LogP contribution in [0.4, 0.5) is 4.79 Å². The second-order valence-electron chi connectivity index (χ2n) is 3.03. The number of aromatic nitrogens is 1. The van der Waals surface area contributed by atoms with Gasteiger partial charge in [-0.2, -0.15) is 0 Å². The number of carboxylic acid groups (broad SMARTS) is 1. The molecule has 0 spiro atoms. The average Bonchev–Trinajstić information content (AvgIpc) is 2.08. The van der Waals surface area contributed by atoms with E-state index in [-0.39, 0.29) is 6.04 Å². The third-order valence-corrected chi connectivity index (χ3v) is 2.68. The maximum absolute atomic E-state index is 10.4. The molecule has 1 amide bonds. The molecular weight excluding hydrogens is 248 g/mol. The highest BCUT2D eigenvalue weighted by Crippen LogP contribution is 2.18. The van der Waals surface area contributed by atoms with Crippen LogP contribution in [-0.4, -0.2) is 16.2 Å².